The van der Waals surface area contributed by atoms with Gasteiger partial charge in [0.25, 0.3) is 0 Å². The van der Waals surface area contributed by atoms with Crippen LogP contribution in [0.5, 0.6) is 0 Å². The van der Waals surface area contributed by atoms with Crippen molar-refractivity contribution in [3.05, 3.63) is 89.3 Å². The molecule has 0 bridgehead atoms. The van der Waals surface area contributed by atoms with Gasteiger partial charge in [0.05, 0.1) is 34.5 Å². The van der Waals surface area contributed by atoms with E-state index >= 15 is 0 Å². The van der Waals surface area contributed by atoms with Crippen LogP contribution < -0.4 is 0 Å². The highest BCUT2D eigenvalue weighted by Gasteiger charge is 2.32. The first-order valence-electron chi connectivity index (χ1n) is 10.7. The van der Waals surface area contributed by atoms with Crippen LogP contribution in [0.25, 0.3) is 11.0 Å². The summed E-state index contributed by atoms with van der Waals surface area (Å²) >= 11 is 0. The van der Waals surface area contributed by atoms with Crippen LogP contribution in [-0.4, -0.2) is 31.9 Å². The summed E-state index contributed by atoms with van der Waals surface area (Å²) in [5.41, 5.74) is 6.73. The number of aromatic nitrogens is 4. The number of H-pyrrole nitrogens is 1. The minimum Gasteiger partial charge on any atom is -0.342 e. The molecule has 1 aromatic carbocycles. The Morgan fingerprint density at radius 2 is 1.83 bits per heavy atom. The van der Waals surface area contributed by atoms with E-state index in [1.54, 1.807) is 0 Å². The smallest absolute Gasteiger partial charge is 0.113 e. The topological polar surface area (TPSA) is 57.7 Å². The minimum absolute atomic E-state index is 0.306. The summed E-state index contributed by atoms with van der Waals surface area (Å²) in [7, 11) is 2.22. The maximum absolute atomic E-state index is 5.04. The number of fused-ring (bicyclic) bond motifs is 1. The summed E-state index contributed by atoms with van der Waals surface area (Å²) in [5.74, 6) is 0.958. The molecule has 5 rings (SSSR count). The number of rotatable bonds is 4. The van der Waals surface area contributed by atoms with Crippen molar-refractivity contribution in [1.29, 1.82) is 0 Å². The third-order valence-electron chi connectivity index (χ3n) is 6.26. The molecule has 1 aliphatic rings. The molecule has 5 nitrogen and oxygen atoms in total. The number of para-hydroxylation sites is 2. The van der Waals surface area contributed by atoms with Crippen LogP contribution in [0.1, 0.15) is 59.8 Å². The SMILES string of the molecule is Cc1cccnc1[C@@H]1CCC[C@H](c2cccc(Cc3nc4ccccc4[nH]3)n2)N1C. The molecule has 1 N–H and O–H groups in total. The fourth-order valence-corrected chi connectivity index (χ4v) is 4.70. The molecule has 0 saturated carbocycles. The monoisotopic (exact) mass is 397 g/mol. The molecule has 0 spiro atoms. The van der Waals surface area contributed by atoms with Gasteiger partial charge in [0.1, 0.15) is 5.82 Å². The molecule has 0 radical (unpaired) electrons. The molecule has 2 atom stereocenters. The number of nitrogens with one attached hydrogen (secondary N) is 1. The average molecular weight is 398 g/mol. The van der Waals surface area contributed by atoms with Crippen molar-refractivity contribution < 1.29 is 0 Å². The van der Waals surface area contributed by atoms with Crippen LogP contribution in [0, 0.1) is 6.92 Å². The van der Waals surface area contributed by atoms with E-state index < -0.39 is 0 Å². The first-order valence-corrected chi connectivity index (χ1v) is 10.7. The Kier molecular flexibility index (Phi) is 5.05. The highest BCUT2D eigenvalue weighted by atomic mass is 15.2. The van der Waals surface area contributed by atoms with Crippen LogP contribution in [0.4, 0.5) is 0 Å². The second-order valence-corrected chi connectivity index (χ2v) is 8.26. The number of hydrogen-bond acceptors (Lipinski definition) is 4. The zero-order valence-electron chi connectivity index (χ0n) is 17.5. The zero-order valence-corrected chi connectivity index (χ0v) is 17.5. The van der Waals surface area contributed by atoms with Gasteiger partial charge in [-0.25, -0.2) is 4.98 Å². The molecule has 152 valence electrons. The van der Waals surface area contributed by atoms with Gasteiger partial charge in [0.15, 0.2) is 0 Å². The summed E-state index contributed by atoms with van der Waals surface area (Å²) in [5, 5.41) is 0. The summed E-state index contributed by atoms with van der Waals surface area (Å²) in [6, 6.07) is 19.4. The summed E-state index contributed by atoms with van der Waals surface area (Å²) in [4.78, 5) is 20.3. The van der Waals surface area contributed by atoms with Crippen molar-refractivity contribution in [2.75, 3.05) is 7.05 Å². The van der Waals surface area contributed by atoms with Crippen molar-refractivity contribution in [1.82, 2.24) is 24.8 Å². The van der Waals surface area contributed by atoms with Gasteiger partial charge >= 0.3 is 0 Å². The van der Waals surface area contributed by atoms with E-state index in [1.165, 1.54) is 17.7 Å². The zero-order chi connectivity index (χ0) is 20.5. The molecule has 0 unspecified atom stereocenters. The molecule has 1 aliphatic heterocycles. The molecular weight excluding hydrogens is 370 g/mol. The van der Waals surface area contributed by atoms with Crippen LogP contribution in [-0.2, 0) is 6.42 Å². The molecule has 0 aliphatic carbocycles. The maximum atomic E-state index is 5.04. The highest BCUT2D eigenvalue weighted by Crippen LogP contribution is 2.39. The van der Waals surface area contributed by atoms with Gasteiger partial charge in [0, 0.05) is 18.3 Å². The number of pyridine rings is 2. The van der Waals surface area contributed by atoms with E-state index in [4.69, 9.17) is 15.0 Å². The summed E-state index contributed by atoms with van der Waals surface area (Å²) < 4.78 is 0. The largest absolute Gasteiger partial charge is 0.342 e. The summed E-state index contributed by atoms with van der Waals surface area (Å²) in [6.45, 7) is 2.16. The van der Waals surface area contributed by atoms with Crippen molar-refractivity contribution in [2.24, 2.45) is 0 Å². The molecule has 4 heterocycles. The number of likely N-dealkylation sites (tertiary alicyclic amines) is 1. The van der Waals surface area contributed by atoms with E-state index in [-0.39, 0.29) is 0 Å². The van der Waals surface area contributed by atoms with E-state index in [2.05, 4.69) is 54.2 Å². The molecule has 3 aromatic heterocycles. The number of piperidine rings is 1. The number of imidazole rings is 1. The van der Waals surface area contributed by atoms with E-state index in [1.807, 2.05) is 30.5 Å². The normalized spacial score (nSPS) is 19.9. The second-order valence-electron chi connectivity index (χ2n) is 8.26. The van der Waals surface area contributed by atoms with Gasteiger partial charge in [-0.05, 0) is 69.1 Å². The second kappa shape index (κ2) is 8.00. The fourth-order valence-electron chi connectivity index (χ4n) is 4.70. The van der Waals surface area contributed by atoms with Crippen LogP contribution >= 0.6 is 0 Å². The van der Waals surface area contributed by atoms with Crippen molar-refractivity contribution >= 4 is 11.0 Å². The van der Waals surface area contributed by atoms with E-state index in [0.717, 1.165) is 41.1 Å². The molecule has 30 heavy (non-hydrogen) atoms. The standard InChI is InChI=1S/C25H27N5/c1-17-8-7-15-26-25(17)23-14-6-13-22(30(23)2)21-12-5-9-18(27-21)16-24-28-19-10-3-4-11-20(19)29-24/h3-5,7-12,15,22-23H,6,13-14,16H2,1-2H3,(H,28,29)/t22-,23+/m1/s1. The number of benzene rings is 1. The lowest BCUT2D eigenvalue weighted by atomic mass is 9.90. The lowest BCUT2D eigenvalue weighted by Gasteiger charge is -2.39. The van der Waals surface area contributed by atoms with Crippen molar-refractivity contribution in [2.45, 2.75) is 44.7 Å². The predicted molar refractivity (Wildman–Crippen MR) is 119 cm³/mol. The lowest BCUT2D eigenvalue weighted by Crippen LogP contribution is -2.34. The van der Waals surface area contributed by atoms with Crippen molar-refractivity contribution in [3.8, 4) is 0 Å². The Labute approximate surface area is 177 Å². The van der Waals surface area contributed by atoms with Gasteiger partial charge < -0.3 is 4.98 Å². The number of aryl methyl sites for hydroxylation is 1. The molecular formula is C25H27N5. The van der Waals surface area contributed by atoms with Crippen molar-refractivity contribution in [3.63, 3.8) is 0 Å². The Morgan fingerprint density at radius 3 is 2.70 bits per heavy atom. The Bertz CT molecular complexity index is 1130. The molecule has 0 amide bonds. The van der Waals surface area contributed by atoms with Crippen LogP contribution in [0.3, 0.4) is 0 Å². The quantitative estimate of drug-likeness (QED) is 0.517. The van der Waals surface area contributed by atoms with Gasteiger partial charge in [-0.1, -0.05) is 24.3 Å². The molecule has 5 heteroatoms. The van der Waals surface area contributed by atoms with Gasteiger partial charge in [-0.3, -0.25) is 14.9 Å². The van der Waals surface area contributed by atoms with Gasteiger partial charge in [0.2, 0.25) is 0 Å². The Morgan fingerprint density at radius 1 is 0.967 bits per heavy atom. The van der Waals surface area contributed by atoms with Gasteiger partial charge in [-0.2, -0.15) is 0 Å². The lowest BCUT2D eigenvalue weighted by molar-refractivity contribution is 0.109. The molecule has 1 fully saturated rings. The first-order chi connectivity index (χ1) is 14.7. The first kappa shape index (κ1) is 18.9. The highest BCUT2D eigenvalue weighted by molar-refractivity contribution is 5.74. The number of hydrogen-bond donors (Lipinski definition) is 1. The third kappa shape index (κ3) is 3.61. The third-order valence-corrected chi connectivity index (χ3v) is 6.26. The average Bonchev–Trinajstić information content (AvgIpc) is 3.17. The Hall–Kier alpha value is -3.05. The predicted octanol–water partition coefficient (Wildman–Crippen LogP) is 5.15. The van der Waals surface area contributed by atoms with E-state index in [0.29, 0.717) is 18.5 Å². The van der Waals surface area contributed by atoms with Crippen LogP contribution in [0.15, 0.2) is 60.8 Å². The Balaban J connectivity index is 1.39. The van der Waals surface area contributed by atoms with Crippen LogP contribution in [0.2, 0.25) is 0 Å². The van der Waals surface area contributed by atoms with E-state index in [9.17, 15) is 0 Å². The number of nitrogens with zero attached hydrogens (tertiary/aromatic N) is 4. The molecule has 4 aromatic rings. The number of aromatic amines is 1. The van der Waals surface area contributed by atoms with Gasteiger partial charge in [-0.15, -0.1) is 0 Å². The minimum atomic E-state index is 0.306. The molecule has 1 saturated heterocycles. The summed E-state index contributed by atoms with van der Waals surface area (Å²) in [6.07, 6.45) is 6.07. The fraction of sp³-hybridized carbons (Fsp3) is 0.320. The maximum Gasteiger partial charge on any atom is 0.113 e.